The number of carboxylic acids is 1. The molecule has 2 N–H and O–H groups in total. The molecule has 1 saturated heterocycles. The van der Waals surface area contributed by atoms with Gasteiger partial charge in [-0.15, -0.1) is 0 Å². The van der Waals surface area contributed by atoms with Crippen molar-refractivity contribution in [3.8, 4) is 0 Å². The number of aliphatic carboxylic acids is 1. The Morgan fingerprint density at radius 3 is 2.70 bits per heavy atom. The fraction of sp³-hybridized carbons (Fsp3) is 0.550. The molecule has 1 amide bonds. The number of aryl methyl sites for hydroxylation is 1. The van der Waals surface area contributed by atoms with Crippen LogP contribution in [0.3, 0.4) is 0 Å². The summed E-state index contributed by atoms with van der Waals surface area (Å²) < 4.78 is 13.5. The summed E-state index contributed by atoms with van der Waals surface area (Å²) in [7, 11) is 0. The SMILES string of the molecule is [2H]N([C@H](C)C(=O)N1CCC[C@H]1C(=O)O)[C@H](CCc1ccccc1)C(=O)OCC. The van der Waals surface area contributed by atoms with Gasteiger partial charge in [-0.05, 0) is 45.1 Å². The first-order valence-corrected chi connectivity index (χ1v) is 9.37. The average molecular weight is 377 g/mol. The van der Waals surface area contributed by atoms with E-state index in [1.807, 2.05) is 30.3 Å². The second kappa shape index (κ2) is 10.1. The Balaban J connectivity index is 2.10. The van der Waals surface area contributed by atoms with Crippen LogP contribution >= 0.6 is 0 Å². The number of rotatable bonds is 9. The van der Waals surface area contributed by atoms with E-state index in [4.69, 9.17) is 6.15 Å². The van der Waals surface area contributed by atoms with Gasteiger partial charge in [-0.3, -0.25) is 14.9 Å². The summed E-state index contributed by atoms with van der Waals surface area (Å²) in [6.45, 7) is 3.75. The molecule has 1 aromatic rings. The van der Waals surface area contributed by atoms with Gasteiger partial charge in [-0.1, -0.05) is 30.3 Å². The molecule has 0 saturated carbocycles. The highest BCUT2D eigenvalue weighted by atomic mass is 16.5. The number of amides is 1. The first-order valence-electron chi connectivity index (χ1n) is 9.82. The number of nitrogens with one attached hydrogen (secondary N) is 1. The Kier molecular flexibility index (Phi) is 7.21. The van der Waals surface area contributed by atoms with Crippen LogP contribution in [0.25, 0.3) is 0 Å². The van der Waals surface area contributed by atoms with E-state index in [1.165, 1.54) is 11.8 Å². The molecule has 148 valence electrons. The first kappa shape index (κ1) is 19.4. The van der Waals surface area contributed by atoms with Crippen molar-refractivity contribution in [2.24, 2.45) is 0 Å². The monoisotopic (exact) mass is 377 g/mol. The lowest BCUT2D eigenvalue weighted by Gasteiger charge is -2.27. The molecule has 1 aromatic carbocycles. The highest BCUT2D eigenvalue weighted by Crippen LogP contribution is 2.19. The van der Waals surface area contributed by atoms with Crippen molar-refractivity contribution < 1.29 is 25.6 Å². The molecule has 0 spiro atoms. The minimum Gasteiger partial charge on any atom is -0.480 e. The molecule has 2 rings (SSSR count). The lowest BCUT2D eigenvalue weighted by atomic mass is 10.0. The normalized spacial score (nSPS) is 19.4. The zero-order valence-corrected chi connectivity index (χ0v) is 15.8. The molecule has 3 atom stereocenters. The Hall–Kier alpha value is -2.41. The largest absolute Gasteiger partial charge is 0.480 e. The van der Waals surface area contributed by atoms with Gasteiger partial charge in [0, 0.05) is 6.54 Å². The number of carbonyl (C=O) groups is 3. The lowest BCUT2D eigenvalue weighted by molar-refractivity contribution is -0.150. The van der Waals surface area contributed by atoms with Crippen LogP contribution in [0.4, 0.5) is 0 Å². The van der Waals surface area contributed by atoms with Gasteiger partial charge in [0.2, 0.25) is 5.91 Å². The van der Waals surface area contributed by atoms with E-state index in [0.717, 1.165) is 10.9 Å². The van der Waals surface area contributed by atoms with Crippen LogP contribution in [0.15, 0.2) is 30.3 Å². The molecule has 1 fully saturated rings. The van der Waals surface area contributed by atoms with E-state index in [1.54, 1.807) is 6.92 Å². The van der Waals surface area contributed by atoms with Gasteiger partial charge in [0.05, 0.1) is 12.6 Å². The fourth-order valence-electron chi connectivity index (χ4n) is 3.30. The van der Waals surface area contributed by atoms with Gasteiger partial charge >= 0.3 is 11.9 Å². The number of carbonyl (C=O) groups excluding carboxylic acids is 2. The number of hydrogen-bond acceptors (Lipinski definition) is 5. The zero-order chi connectivity index (χ0) is 20.7. The molecule has 27 heavy (non-hydrogen) atoms. The van der Waals surface area contributed by atoms with Crippen molar-refractivity contribution in [1.82, 2.24) is 10.2 Å². The van der Waals surface area contributed by atoms with Crippen molar-refractivity contribution >= 4 is 17.8 Å². The number of hydrogen-bond donors (Lipinski definition) is 2. The molecular weight excluding hydrogens is 348 g/mol. The maximum absolute atomic E-state index is 12.8. The van der Waals surface area contributed by atoms with Gasteiger partial charge in [-0.2, -0.15) is 0 Å². The fourth-order valence-corrected chi connectivity index (χ4v) is 3.30. The molecule has 1 aliphatic heterocycles. The zero-order valence-electron chi connectivity index (χ0n) is 16.8. The van der Waals surface area contributed by atoms with Crippen molar-refractivity contribution in [3.63, 3.8) is 0 Å². The summed E-state index contributed by atoms with van der Waals surface area (Å²) in [4.78, 5) is 37.9. The highest BCUT2D eigenvalue weighted by molar-refractivity contribution is 5.88. The third-order valence-electron chi connectivity index (χ3n) is 4.69. The van der Waals surface area contributed by atoms with Crippen LogP contribution in [-0.2, 0) is 25.5 Å². The Morgan fingerprint density at radius 1 is 1.37 bits per heavy atom. The summed E-state index contributed by atoms with van der Waals surface area (Å²) in [5.41, 5.74) is 1.02. The maximum atomic E-state index is 12.8. The van der Waals surface area contributed by atoms with Crippen molar-refractivity contribution in [2.45, 2.75) is 57.7 Å². The minimum absolute atomic E-state index is 0.185. The van der Waals surface area contributed by atoms with E-state index in [2.05, 4.69) is 0 Å². The summed E-state index contributed by atoms with van der Waals surface area (Å²) in [5.74, 6) is -2.04. The van der Waals surface area contributed by atoms with Gasteiger partial charge in [0.15, 0.2) is 0 Å². The quantitative estimate of drug-likeness (QED) is 0.635. The summed E-state index contributed by atoms with van der Waals surface area (Å²) in [6, 6.07) is 6.85. The van der Waals surface area contributed by atoms with E-state index in [-0.39, 0.29) is 6.61 Å². The van der Waals surface area contributed by atoms with Crippen LogP contribution in [0.2, 0.25) is 1.41 Å². The van der Waals surface area contributed by atoms with Gasteiger partial charge in [0.1, 0.15) is 13.5 Å². The smallest absolute Gasteiger partial charge is 0.326 e. The number of nitrogens with zero attached hydrogens (tertiary/aromatic N) is 1. The molecule has 0 radical (unpaired) electrons. The number of esters is 1. The van der Waals surface area contributed by atoms with Gasteiger partial charge < -0.3 is 14.7 Å². The van der Waals surface area contributed by atoms with E-state index in [9.17, 15) is 19.5 Å². The molecule has 1 aliphatic rings. The van der Waals surface area contributed by atoms with Gasteiger partial charge in [0.25, 0.3) is 0 Å². The second-order valence-electron chi connectivity index (χ2n) is 6.65. The third-order valence-corrected chi connectivity index (χ3v) is 4.69. The molecule has 0 aliphatic carbocycles. The van der Waals surface area contributed by atoms with Crippen LogP contribution in [0.1, 0.15) is 38.7 Å². The summed E-state index contributed by atoms with van der Waals surface area (Å²) >= 11 is 0. The van der Waals surface area contributed by atoms with Crippen LogP contribution in [0, 0.1) is 0 Å². The summed E-state index contributed by atoms with van der Waals surface area (Å²) in [6.07, 6.45) is 1.90. The third kappa shape index (κ3) is 5.79. The standard InChI is InChI=1S/C20H28N2O5/c1-3-27-20(26)16(12-11-15-8-5-4-6-9-15)21-14(2)18(23)22-13-7-10-17(22)19(24)25/h4-6,8-9,14,16-17,21H,3,7,10-13H2,1-2H3,(H,24,25)/t14-,16-,17+/m1/s1/i/hD. The van der Waals surface area contributed by atoms with Crippen LogP contribution in [-0.4, -0.2) is 59.1 Å². The van der Waals surface area contributed by atoms with Crippen molar-refractivity contribution in [2.75, 3.05) is 13.2 Å². The van der Waals surface area contributed by atoms with E-state index in [0.29, 0.717) is 32.2 Å². The maximum Gasteiger partial charge on any atom is 0.326 e. The molecule has 7 nitrogen and oxygen atoms in total. The topological polar surface area (TPSA) is 95.9 Å². The van der Waals surface area contributed by atoms with Crippen LogP contribution in [0.5, 0.6) is 0 Å². The van der Waals surface area contributed by atoms with Crippen molar-refractivity contribution in [3.05, 3.63) is 35.9 Å². The summed E-state index contributed by atoms with van der Waals surface area (Å²) in [5, 5.41) is 10.3. The van der Waals surface area contributed by atoms with E-state index >= 15 is 0 Å². The molecule has 0 bridgehead atoms. The average Bonchev–Trinajstić information content (AvgIpc) is 3.18. The Morgan fingerprint density at radius 2 is 2.07 bits per heavy atom. The Bertz CT molecular complexity index is 684. The molecule has 7 heteroatoms. The highest BCUT2D eigenvalue weighted by Gasteiger charge is 2.36. The number of ether oxygens (including phenoxy) is 1. The molecular formula is C20H28N2O5. The minimum atomic E-state index is -1.04. The number of likely N-dealkylation sites (tertiary alicyclic amines) is 1. The lowest BCUT2D eigenvalue weighted by Crippen LogP contribution is -2.53. The van der Waals surface area contributed by atoms with Gasteiger partial charge in [-0.25, -0.2) is 4.79 Å². The predicted molar refractivity (Wildman–Crippen MR) is 100 cm³/mol. The number of carboxylic acid groups (broad SMARTS) is 1. The predicted octanol–water partition coefficient (Wildman–Crippen LogP) is 1.60. The first-order chi connectivity index (χ1) is 13.4. The molecule has 0 unspecified atom stereocenters. The van der Waals surface area contributed by atoms with Crippen molar-refractivity contribution in [1.29, 1.82) is 0 Å². The van der Waals surface area contributed by atoms with E-state index < -0.39 is 36.0 Å². The second-order valence-corrected chi connectivity index (χ2v) is 6.65. The molecule has 1 heterocycles. The van der Waals surface area contributed by atoms with Crippen LogP contribution < -0.4 is 5.31 Å². The molecule has 0 aromatic heterocycles. The Labute approximate surface area is 161 Å². The number of benzene rings is 1.